The minimum atomic E-state index is -0.526. The summed E-state index contributed by atoms with van der Waals surface area (Å²) in [6.45, 7) is 9.59. The van der Waals surface area contributed by atoms with Crippen molar-refractivity contribution in [3.05, 3.63) is 0 Å². The summed E-state index contributed by atoms with van der Waals surface area (Å²) in [6.07, 6.45) is 1.82. The second kappa shape index (κ2) is 6.89. The number of carbonyl (C=O) groups excluding carboxylic acids is 2. The third-order valence-electron chi connectivity index (χ3n) is 3.34. The Morgan fingerprint density at radius 2 is 2.11 bits per heavy atom. The maximum Gasteiger partial charge on any atom is 0.325 e. The third kappa shape index (κ3) is 4.49. The SMILES string of the molecule is CCOC(=O)CN(CC(C)C)C(=O)C1(C)CCCN1. The van der Waals surface area contributed by atoms with Gasteiger partial charge in [0, 0.05) is 6.54 Å². The molecule has 0 aromatic carbocycles. The zero-order valence-corrected chi connectivity index (χ0v) is 12.5. The van der Waals surface area contributed by atoms with E-state index < -0.39 is 5.54 Å². The van der Waals surface area contributed by atoms with Crippen LogP contribution in [-0.2, 0) is 14.3 Å². The number of hydrogen-bond donors (Lipinski definition) is 1. The molecule has 0 aliphatic carbocycles. The summed E-state index contributed by atoms with van der Waals surface area (Å²) in [7, 11) is 0. The van der Waals surface area contributed by atoms with E-state index in [2.05, 4.69) is 5.32 Å². The van der Waals surface area contributed by atoms with Gasteiger partial charge in [-0.25, -0.2) is 0 Å². The lowest BCUT2D eigenvalue weighted by Crippen LogP contribution is -2.54. The van der Waals surface area contributed by atoms with Gasteiger partial charge in [-0.3, -0.25) is 9.59 Å². The molecule has 5 heteroatoms. The molecule has 0 saturated carbocycles. The van der Waals surface area contributed by atoms with Gasteiger partial charge in [-0.1, -0.05) is 13.8 Å². The molecule has 1 aliphatic heterocycles. The first-order valence-corrected chi connectivity index (χ1v) is 7.09. The molecule has 19 heavy (non-hydrogen) atoms. The Morgan fingerprint density at radius 3 is 2.58 bits per heavy atom. The van der Waals surface area contributed by atoms with Gasteiger partial charge in [-0.15, -0.1) is 0 Å². The number of esters is 1. The van der Waals surface area contributed by atoms with Gasteiger partial charge in [0.2, 0.25) is 5.91 Å². The normalized spacial score (nSPS) is 22.6. The Bertz CT molecular complexity index is 323. The lowest BCUT2D eigenvalue weighted by molar-refractivity contribution is -0.151. The minimum Gasteiger partial charge on any atom is -0.465 e. The predicted octanol–water partition coefficient (Wildman–Crippen LogP) is 1.18. The first kappa shape index (κ1) is 16.0. The number of ether oxygens (including phenoxy) is 1. The molecular weight excluding hydrogens is 244 g/mol. The van der Waals surface area contributed by atoms with Gasteiger partial charge in [0.25, 0.3) is 0 Å². The lowest BCUT2D eigenvalue weighted by Gasteiger charge is -2.32. The van der Waals surface area contributed by atoms with E-state index in [1.54, 1.807) is 11.8 Å². The number of amides is 1. The highest BCUT2D eigenvalue weighted by molar-refractivity contribution is 5.89. The highest BCUT2D eigenvalue weighted by Gasteiger charge is 2.39. The highest BCUT2D eigenvalue weighted by atomic mass is 16.5. The molecule has 1 atom stereocenters. The Labute approximate surface area is 115 Å². The largest absolute Gasteiger partial charge is 0.465 e. The molecule has 1 unspecified atom stereocenters. The van der Waals surface area contributed by atoms with E-state index >= 15 is 0 Å². The summed E-state index contributed by atoms with van der Waals surface area (Å²) in [5.74, 6) is -0.00627. The Kier molecular flexibility index (Phi) is 5.79. The maximum absolute atomic E-state index is 12.6. The second-order valence-electron chi connectivity index (χ2n) is 5.75. The number of rotatable bonds is 6. The zero-order valence-electron chi connectivity index (χ0n) is 12.5. The Morgan fingerprint density at radius 1 is 1.42 bits per heavy atom. The summed E-state index contributed by atoms with van der Waals surface area (Å²) in [6, 6.07) is 0. The minimum absolute atomic E-state index is 0.00625. The fourth-order valence-corrected chi connectivity index (χ4v) is 2.45. The van der Waals surface area contributed by atoms with Crippen molar-refractivity contribution in [2.24, 2.45) is 5.92 Å². The molecule has 1 aliphatic rings. The summed E-state index contributed by atoms with van der Waals surface area (Å²) in [5.41, 5.74) is -0.526. The van der Waals surface area contributed by atoms with Gasteiger partial charge >= 0.3 is 5.97 Å². The maximum atomic E-state index is 12.6. The van der Waals surface area contributed by atoms with Crippen molar-refractivity contribution in [2.45, 2.75) is 46.1 Å². The van der Waals surface area contributed by atoms with Crippen LogP contribution in [0.25, 0.3) is 0 Å². The predicted molar refractivity (Wildman–Crippen MR) is 73.7 cm³/mol. The molecule has 0 aromatic heterocycles. The number of nitrogens with one attached hydrogen (secondary N) is 1. The van der Waals surface area contributed by atoms with Gasteiger partial charge in [-0.05, 0) is 39.2 Å². The molecule has 1 saturated heterocycles. The quantitative estimate of drug-likeness (QED) is 0.736. The van der Waals surface area contributed by atoms with Crippen LogP contribution in [0.2, 0.25) is 0 Å². The van der Waals surface area contributed by atoms with Crippen LogP contribution in [-0.4, -0.2) is 48.6 Å². The Balaban J connectivity index is 2.72. The summed E-state index contributed by atoms with van der Waals surface area (Å²) in [5, 5.41) is 3.25. The molecule has 1 heterocycles. The van der Waals surface area contributed by atoms with Crippen molar-refractivity contribution in [3.63, 3.8) is 0 Å². The number of hydrogen-bond acceptors (Lipinski definition) is 4. The standard InChI is InChI=1S/C14H26N2O3/c1-5-19-12(17)10-16(9-11(2)3)13(18)14(4)7-6-8-15-14/h11,15H,5-10H2,1-4H3. The first-order valence-electron chi connectivity index (χ1n) is 7.09. The van der Waals surface area contributed by atoms with E-state index in [1.807, 2.05) is 20.8 Å². The zero-order chi connectivity index (χ0) is 14.5. The van der Waals surface area contributed by atoms with Crippen LogP contribution >= 0.6 is 0 Å². The van der Waals surface area contributed by atoms with E-state index in [0.29, 0.717) is 19.1 Å². The van der Waals surface area contributed by atoms with E-state index in [4.69, 9.17) is 4.74 Å². The average molecular weight is 270 g/mol. The van der Waals surface area contributed by atoms with Gasteiger partial charge < -0.3 is 15.0 Å². The van der Waals surface area contributed by atoms with Crippen LogP contribution in [0.1, 0.15) is 40.5 Å². The molecule has 0 bridgehead atoms. The van der Waals surface area contributed by atoms with Gasteiger partial charge in [-0.2, -0.15) is 0 Å². The lowest BCUT2D eigenvalue weighted by atomic mass is 9.98. The molecule has 1 N–H and O–H groups in total. The molecule has 5 nitrogen and oxygen atoms in total. The van der Waals surface area contributed by atoms with Gasteiger partial charge in [0.15, 0.2) is 0 Å². The Hall–Kier alpha value is -1.10. The van der Waals surface area contributed by atoms with Crippen LogP contribution < -0.4 is 5.32 Å². The second-order valence-corrected chi connectivity index (χ2v) is 5.75. The topological polar surface area (TPSA) is 58.6 Å². The molecule has 0 spiro atoms. The van der Waals surface area contributed by atoms with Crippen molar-refractivity contribution in [2.75, 3.05) is 26.2 Å². The van der Waals surface area contributed by atoms with Crippen molar-refractivity contribution in [3.8, 4) is 0 Å². The van der Waals surface area contributed by atoms with Gasteiger partial charge in [0.1, 0.15) is 6.54 Å². The number of nitrogens with zero attached hydrogens (tertiary/aromatic N) is 1. The van der Waals surface area contributed by atoms with Crippen molar-refractivity contribution in [1.82, 2.24) is 10.2 Å². The summed E-state index contributed by atoms with van der Waals surface area (Å²) >= 11 is 0. The summed E-state index contributed by atoms with van der Waals surface area (Å²) in [4.78, 5) is 25.8. The van der Waals surface area contributed by atoms with Crippen LogP contribution in [0.15, 0.2) is 0 Å². The molecular formula is C14H26N2O3. The molecule has 1 rings (SSSR count). The van der Waals surface area contributed by atoms with Gasteiger partial charge in [0.05, 0.1) is 12.1 Å². The average Bonchev–Trinajstić information content (AvgIpc) is 2.75. The fourth-order valence-electron chi connectivity index (χ4n) is 2.45. The fraction of sp³-hybridized carbons (Fsp3) is 0.857. The van der Waals surface area contributed by atoms with E-state index in [-0.39, 0.29) is 18.4 Å². The van der Waals surface area contributed by atoms with Crippen LogP contribution in [0.5, 0.6) is 0 Å². The summed E-state index contributed by atoms with van der Waals surface area (Å²) < 4.78 is 4.95. The molecule has 0 radical (unpaired) electrons. The van der Waals surface area contributed by atoms with E-state index in [1.165, 1.54) is 0 Å². The third-order valence-corrected chi connectivity index (χ3v) is 3.34. The molecule has 0 aromatic rings. The molecule has 1 amide bonds. The number of carbonyl (C=O) groups is 2. The monoisotopic (exact) mass is 270 g/mol. The highest BCUT2D eigenvalue weighted by Crippen LogP contribution is 2.21. The molecule has 1 fully saturated rings. The van der Waals surface area contributed by atoms with Crippen LogP contribution in [0, 0.1) is 5.92 Å². The van der Waals surface area contributed by atoms with Crippen molar-refractivity contribution < 1.29 is 14.3 Å². The van der Waals surface area contributed by atoms with E-state index in [9.17, 15) is 9.59 Å². The van der Waals surface area contributed by atoms with Crippen LogP contribution in [0.3, 0.4) is 0 Å². The first-order chi connectivity index (χ1) is 8.89. The van der Waals surface area contributed by atoms with Crippen LogP contribution in [0.4, 0.5) is 0 Å². The van der Waals surface area contributed by atoms with E-state index in [0.717, 1.165) is 19.4 Å². The van der Waals surface area contributed by atoms with Crippen molar-refractivity contribution >= 4 is 11.9 Å². The smallest absolute Gasteiger partial charge is 0.325 e. The molecule has 110 valence electrons. The van der Waals surface area contributed by atoms with Crippen molar-refractivity contribution in [1.29, 1.82) is 0 Å².